The Hall–Kier alpha value is -1.80. The zero-order valence-electron chi connectivity index (χ0n) is 9.22. The molecule has 0 aliphatic carbocycles. The van der Waals surface area contributed by atoms with E-state index in [9.17, 15) is 0 Å². The number of ether oxygens (including phenoxy) is 1. The monoisotopic (exact) mass is 291 g/mol. The van der Waals surface area contributed by atoms with Crippen LogP contribution < -0.4 is 4.74 Å². The van der Waals surface area contributed by atoms with Crippen molar-refractivity contribution in [3.05, 3.63) is 40.6 Å². The molecule has 0 aliphatic rings. The molecule has 0 spiro atoms. The lowest BCUT2D eigenvalue weighted by Crippen LogP contribution is -1.92. The van der Waals surface area contributed by atoms with E-state index < -0.39 is 0 Å². The number of nitrogens with zero attached hydrogens (tertiary/aromatic N) is 3. The van der Waals surface area contributed by atoms with Crippen molar-refractivity contribution in [2.45, 2.75) is 13.5 Å². The summed E-state index contributed by atoms with van der Waals surface area (Å²) >= 11 is 3.33. The molecule has 0 amide bonds. The van der Waals surface area contributed by atoms with Gasteiger partial charge >= 0.3 is 0 Å². The average molecular weight is 292 g/mol. The van der Waals surface area contributed by atoms with Crippen molar-refractivity contribution < 1.29 is 4.74 Å². The van der Waals surface area contributed by atoms with Crippen LogP contribution in [0.5, 0.6) is 11.5 Å². The van der Waals surface area contributed by atoms with E-state index in [0.717, 1.165) is 11.0 Å². The van der Waals surface area contributed by atoms with Crippen molar-refractivity contribution in [2.75, 3.05) is 0 Å². The highest BCUT2D eigenvalue weighted by molar-refractivity contribution is 9.10. The highest BCUT2D eigenvalue weighted by atomic mass is 79.9. The Bertz CT molecular complexity index is 571. The normalized spacial score (nSPS) is 9.94. The molecule has 2 aromatic rings. The Morgan fingerprint density at radius 1 is 1.41 bits per heavy atom. The van der Waals surface area contributed by atoms with E-state index in [-0.39, 0.29) is 0 Å². The molecule has 0 bridgehead atoms. The molecule has 86 valence electrons. The van der Waals surface area contributed by atoms with Gasteiger partial charge in [-0.05, 0) is 25.1 Å². The molecular weight excluding hydrogens is 282 g/mol. The SMILES string of the molecule is CCn1cc(Oc2cc(Br)cc(C#N)c2)cn1. The highest BCUT2D eigenvalue weighted by Gasteiger charge is 2.03. The molecule has 17 heavy (non-hydrogen) atoms. The van der Waals surface area contributed by atoms with Crippen LogP contribution in [0.15, 0.2) is 35.1 Å². The van der Waals surface area contributed by atoms with Crippen molar-refractivity contribution in [1.29, 1.82) is 5.26 Å². The molecule has 0 atom stereocenters. The number of hydrogen-bond acceptors (Lipinski definition) is 3. The third kappa shape index (κ3) is 2.86. The average Bonchev–Trinajstić information content (AvgIpc) is 2.76. The van der Waals surface area contributed by atoms with E-state index >= 15 is 0 Å². The summed E-state index contributed by atoms with van der Waals surface area (Å²) in [5.74, 6) is 1.28. The summed E-state index contributed by atoms with van der Waals surface area (Å²) in [6.45, 7) is 2.80. The zero-order chi connectivity index (χ0) is 12.3. The Labute approximate surface area is 108 Å². The highest BCUT2D eigenvalue weighted by Crippen LogP contribution is 2.25. The van der Waals surface area contributed by atoms with Gasteiger partial charge in [-0.25, -0.2) is 0 Å². The van der Waals surface area contributed by atoms with Gasteiger partial charge in [0, 0.05) is 11.0 Å². The van der Waals surface area contributed by atoms with Crippen LogP contribution in [0.25, 0.3) is 0 Å². The maximum absolute atomic E-state index is 8.85. The standard InChI is InChI=1S/C12H10BrN3O/c1-2-16-8-12(7-15-16)17-11-4-9(6-14)3-10(13)5-11/h3-5,7-8H,2H2,1H3. The zero-order valence-corrected chi connectivity index (χ0v) is 10.8. The second-order valence-electron chi connectivity index (χ2n) is 3.42. The minimum Gasteiger partial charge on any atom is -0.454 e. The summed E-state index contributed by atoms with van der Waals surface area (Å²) in [5.41, 5.74) is 0.553. The van der Waals surface area contributed by atoms with Crippen LogP contribution in [-0.2, 0) is 6.54 Å². The Balaban J connectivity index is 2.24. The molecule has 0 N–H and O–H groups in total. The molecule has 1 aromatic carbocycles. The molecule has 4 nitrogen and oxygen atoms in total. The first-order valence-electron chi connectivity index (χ1n) is 5.12. The molecule has 0 aliphatic heterocycles. The molecule has 0 fully saturated rings. The maximum atomic E-state index is 8.85. The van der Waals surface area contributed by atoms with Crippen molar-refractivity contribution in [3.63, 3.8) is 0 Å². The molecule has 0 saturated heterocycles. The quantitative estimate of drug-likeness (QED) is 0.871. The third-order valence-electron chi connectivity index (χ3n) is 2.17. The van der Waals surface area contributed by atoms with Gasteiger partial charge in [0.2, 0.25) is 0 Å². The second kappa shape index (κ2) is 5.02. The maximum Gasteiger partial charge on any atom is 0.165 e. The van der Waals surface area contributed by atoms with Crippen molar-refractivity contribution >= 4 is 15.9 Å². The summed E-state index contributed by atoms with van der Waals surface area (Å²) in [6.07, 6.45) is 3.46. The smallest absolute Gasteiger partial charge is 0.165 e. The van der Waals surface area contributed by atoms with Crippen LogP contribution in [0.1, 0.15) is 12.5 Å². The molecular formula is C12H10BrN3O. The van der Waals surface area contributed by atoms with E-state index in [0.29, 0.717) is 17.1 Å². The Morgan fingerprint density at radius 3 is 2.88 bits per heavy atom. The number of benzene rings is 1. The first-order valence-corrected chi connectivity index (χ1v) is 5.91. The second-order valence-corrected chi connectivity index (χ2v) is 4.34. The number of aryl methyl sites for hydroxylation is 1. The van der Waals surface area contributed by atoms with Gasteiger partial charge < -0.3 is 4.74 Å². The van der Waals surface area contributed by atoms with E-state index in [1.807, 2.05) is 19.2 Å². The molecule has 1 heterocycles. The molecule has 2 rings (SSSR count). The molecule has 5 heteroatoms. The minimum atomic E-state index is 0.553. The lowest BCUT2D eigenvalue weighted by atomic mass is 10.2. The summed E-state index contributed by atoms with van der Waals surface area (Å²) in [4.78, 5) is 0. The fourth-order valence-electron chi connectivity index (χ4n) is 1.39. The Morgan fingerprint density at radius 2 is 2.24 bits per heavy atom. The van der Waals surface area contributed by atoms with Crippen LogP contribution in [0.3, 0.4) is 0 Å². The summed E-state index contributed by atoms with van der Waals surface area (Å²) in [7, 11) is 0. The summed E-state index contributed by atoms with van der Waals surface area (Å²) in [6, 6.07) is 7.32. The first kappa shape index (κ1) is 11.7. The molecule has 1 aromatic heterocycles. The van der Waals surface area contributed by atoms with Gasteiger partial charge in [0.05, 0.1) is 24.0 Å². The number of aromatic nitrogens is 2. The summed E-state index contributed by atoms with van der Waals surface area (Å²) in [5, 5.41) is 13.0. The lowest BCUT2D eigenvalue weighted by Gasteiger charge is -2.03. The largest absolute Gasteiger partial charge is 0.454 e. The predicted molar refractivity (Wildman–Crippen MR) is 66.8 cm³/mol. The van der Waals surface area contributed by atoms with Gasteiger partial charge in [-0.2, -0.15) is 10.4 Å². The van der Waals surface area contributed by atoms with Gasteiger partial charge in [-0.15, -0.1) is 0 Å². The van der Waals surface area contributed by atoms with Gasteiger partial charge in [-0.1, -0.05) is 15.9 Å². The van der Waals surface area contributed by atoms with Crippen LogP contribution in [0, 0.1) is 11.3 Å². The number of halogens is 1. The van der Waals surface area contributed by atoms with Crippen molar-refractivity contribution in [1.82, 2.24) is 9.78 Å². The van der Waals surface area contributed by atoms with Crippen LogP contribution in [0.2, 0.25) is 0 Å². The summed E-state index contributed by atoms with van der Waals surface area (Å²) < 4.78 is 8.21. The predicted octanol–water partition coefficient (Wildman–Crippen LogP) is 3.33. The van der Waals surface area contributed by atoms with Gasteiger partial charge in [-0.3, -0.25) is 4.68 Å². The number of hydrogen-bond donors (Lipinski definition) is 0. The number of nitriles is 1. The number of rotatable bonds is 3. The molecule has 0 unspecified atom stereocenters. The fourth-order valence-corrected chi connectivity index (χ4v) is 1.86. The topological polar surface area (TPSA) is 50.8 Å². The van der Waals surface area contributed by atoms with Gasteiger partial charge in [0.25, 0.3) is 0 Å². The first-order chi connectivity index (χ1) is 8.21. The molecule has 0 saturated carbocycles. The van der Waals surface area contributed by atoms with Crippen molar-refractivity contribution in [2.24, 2.45) is 0 Å². The van der Waals surface area contributed by atoms with E-state index in [1.165, 1.54) is 0 Å². The van der Waals surface area contributed by atoms with E-state index in [4.69, 9.17) is 10.00 Å². The van der Waals surface area contributed by atoms with Gasteiger partial charge in [0.15, 0.2) is 5.75 Å². The Kier molecular flexibility index (Phi) is 3.45. The third-order valence-corrected chi connectivity index (χ3v) is 2.63. The van der Waals surface area contributed by atoms with Crippen LogP contribution in [0.4, 0.5) is 0 Å². The van der Waals surface area contributed by atoms with Gasteiger partial charge in [0.1, 0.15) is 5.75 Å². The molecule has 0 radical (unpaired) electrons. The van der Waals surface area contributed by atoms with E-state index in [1.54, 1.807) is 23.0 Å². The van der Waals surface area contributed by atoms with E-state index in [2.05, 4.69) is 27.1 Å². The fraction of sp³-hybridized carbons (Fsp3) is 0.167. The minimum absolute atomic E-state index is 0.553. The van der Waals surface area contributed by atoms with Crippen molar-refractivity contribution in [3.8, 4) is 17.6 Å². The van der Waals surface area contributed by atoms with Crippen LogP contribution in [-0.4, -0.2) is 9.78 Å². The van der Waals surface area contributed by atoms with Crippen LogP contribution >= 0.6 is 15.9 Å². The lowest BCUT2D eigenvalue weighted by molar-refractivity contribution is 0.481.